The third-order valence-corrected chi connectivity index (χ3v) is 3.83. The molecule has 1 N–H and O–H groups in total. The Bertz CT molecular complexity index is 513. The maximum atomic E-state index is 12.0. The predicted molar refractivity (Wildman–Crippen MR) is 68.8 cm³/mol. The summed E-state index contributed by atoms with van der Waals surface area (Å²) in [5.41, 5.74) is 0.525. The fraction of sp³-hybridized carbons (Fsp3) is 0.571. The molecule has 0 atom stereocenters. The molecule has 4 nitrogen and oxygen atoms in total. The van der Waals surface area contributed by atoms with Gasteiger partial charge in [0.1, 0.15) is 0 Å². The molecule has 1 fully saturated rings. The number of hydrogen-bond acceptors (Lipinski definition) is 3. The van der Waals surface area contributed by atoms with Gasteiger partial charge in [0.25, 0.3) is 5.91 Å². The van der Waals surface area contributed by atoms with Crippen molar-refractivity contribution in [1.82, 2.24) is 4.98 Å². The van der Waals surface area contributed by atoms with Crippen molar-refractivity contribution >= 4 is 11.7 Å². The SMILES string of the molecule is CC(C)(C)c1cnc2c(c1)OC1(CCC1)C(=O)N2. The topological polar surface area (TPSA) is 51.2 Å². The van der Waals surface area contributed by atoms with Gasteiger partial charge in [0.2, 0.25) is 0 Å². The van der Waals surface area contributed by atoms with E-state index in [9.17, 15) is 4.79 Å². The highest BCUT2D eigenvalue weighted by Gasteiger charge is 2.50. The maximum Gasteiger partial charge on any atom is 0.269 e. The van der Waals surface area contributed by atoms with E-state index in [1.807, 2.05) is 6.07 Å². The van der Waals surface area contributed by atoms with Crippen molar-refractivity contribution in [3.63, 3.8) is 0 Å². The van der Waals surface area contributed by atoms with Gasteiger partial charge in [-0.2, -0.15) is 0 Å². The minimum Gasteiger partial charge on any atom is -0.474 e. The zero-order valence-corrected chi connectivity index (χ0v) is 11.0. The molecule has 96 valence electrons. The van der Waals surface area contributed by atoms with Gasteiger partial charge in [0.05, 0.1) is 0 Å². The summed E-state index contributed by atoms with van der Waals surface area (Å²) in [5.74, 6) is 1.21. The van der Waals surface area contributed by atoms with Crippen LogP contribution in [-0.4, -0.2) is 16.5 Å². The molecule has 0 bridgehead atoms. The first-order chi connectivity index (χ1) is 8.41. The highest BCUT2D eigenvalue weighted by Crippen LogP contribution is 2.43. The number of anilines is 1. The molecule has 2 heterocycles. The number of hydrogen-bond donors (Lipinski definition) is 1. The van der Waals surface area contributed by atoms with Crippen molar-refractivity contribution < 1.29 is 9.53 Å². The largest absolute Gasteiger partial charge is 0.474 e. The molecule has 18 heavy (non-hydrogen) atoms. The van der Waals surface area contributed by atoms with Gasteiger partial charge >= 0.3 is 0 Å². The number of aromatic nitrogens is 1. The molecule has 2 aliphatic rings. The van der Waals surface area contributed by atoms with Gasteiger partial charge in [0.15, 0.2) is 17.2 Å². The van der Waals surface area contributed by atoms with E-state index in [2.05, 4.69) is 31.1 Å². The van der Waals surface area contributed by atoms with Crippen LogP contribution in [0.3, 0.4) is 0 Å². The first-order valence-corrected chi connectivity index (χ1v) is 6.42. The van der Waals surface area contributed by atoms with Crippen molar-refractivity contribution in [1.29, 1.82) is 0 Å². The number of fused-ring (bicyclic) bond motifs is 1. The van der Waals surface area contributed by atoms with Crippen molar-refractivity contribution in [2.45, 2.75) is 51.0 Å². The van der Waals surface area contributed by atoms with E-state index in [-0.39, 0.29) is 11.3 Å². The number of amides is 1. The minimum absolute atomic E-state index is 0.0274. The summed E-state index contributed by atoms with van der Waals surface area (Å²) in [5, 5.41) is 2.86. The molecule has 0 radical (unpaired) electrons. The number of ether oxygens (including phenoxy) is 1. The molecule has 0 unspecified atom stereocenters. The van der Waals surface area contributed by atoms with Gasteiger partial charge in [-0.05, 0) is 36.3 Å². The van der Waals surface area contributed by atoms with E-state index < -0.39 is 5.60 Å². The molecular formula is C14H18N2O2. The third kappa shape index (κ3) is 1.59. The van der Waals surface area contributed by atoms with Gasteiger partial charge in [-0.1, -0.05) is 20.8 Å². The first-order valence-electron chi connectivity index (χ1n) is 6.42. The number of pyridine rings is 1. The molecule has 1 saturated carbocycles. The normalized spacial score (nSPS) is 20.7. The number of carbonyl (C=O) groups excluding carboxylic acids is 1. The van der Waals surface area contributed by atoms with Crippen LogP contribution >= 0.6 is 0 Å². The highest BCUT2D eigenvalue weighted by atomic mass is 16.5. The predicted octanol–water partition coefficient (Wildman–Crippen LogP) is 2.63. The molecule has 1 aliphatic carbocycles. The second-order valence-corrected chi connectivity index (χ2v) is 6.22. The summed E-state index contributed by atoms with van der Waals surface area (Å²) in [4.78, 5) is 16.3. The second kappa shape index (κ2) is 3.46. The summed E-state index contributed by atoms with van der Waals surface area (Å²) in [6.45, 7) is 6.41. The monoisotopic (exact) mass is 246 g/mol. The van der Waals surface area contributed by atoms with Crippen LogP contribution in [0, 0.1) is 0 Å². The van der Waals surface area contributed by atoms with Crippen molar-refractivity contribution in [2.75, 3.05) is 5.32 Å². The Morgan fingerprint density at radius 3 is 2.67 bits per heavy atom. The molecule has 0 aromatic carbocycles. The van der Waals surface area contributed by atoms with Crippen LogP contribution in [0.4, 0.5) is 5.82 Å². The Hall–Kier alpha value is -1.58. The molecule has 1 amide bonds. The van der Waals surface area contributed by atoms with Gasteiger partial charge in [-0.3, -0.25) is 4.79 Å². The summed E-state index contributed by atoms with van der Waals surface area (Å²) < 4.78 is 5.93. The van der Waals surface area contributed by atoms with Crippen LogP contribution in [0.5, 0.6) is 5.75 Å². The summed E-state index contributed by atoms with van der Waals surface area (Å²) in [7, 11) is 0. The second-order valence-electron chi connectivity index (χ2n) is 6.22. The van der Waals surface area contributed by atoms with E-state index in [0.717, 1.165) is 24.8 Å². The molecule has 1 spiro atoms. The average molecular weight is 246 g/mol. The Morgan fingerprint density at radius 2 is 2.11 bits per heavy atom. The third-order valence-electron chi connectivity index (χ3n) is 3.83. The van der Waals surface area contributed by atoms with Gasteiger partial charge in [-0.15, -0.1) is 0 Å². The Labute approximate surface area is 107 Å². The molecule has 1 aliphatic heterocycles. The smallest absolute Gasteiger partial charge is 0.269 e. The lowest BCUT2D eigenvalue weighted by atomic mass is 9.78. The average Bonchev–Trinajstić information content (AvgIpc) is 2.24. The molecule has 3 rings (SSSR count). The number of carbonyl (C=O) groups is 1. The van der Waals surface area contributed by atoms with Crippen LogP contribution < -0.4 is 10.1 Å². The first kappa shape index (κ1) is 11.5. The van der Waals surface area contributed by atoms with E-state index in [1.54, 1.807) is 6.20 Å². The summed E-state index contributed by atoms with van der Waals surface area (Å²) >= 11 is 0. The quantitative estimate of drug-likeness (QED) is 0.765. The molecule has 0 saturated heterocycles. The van der Waals surface area contributed by atoms with Crippen LogP contribution in [0.2, 0.25) is 0 Å². The van der Waals surface area contributed by atoms with Gasteiger partial charge < -0.3 is 10.1 Å². The van der Waals surface area contributed by atoms with Crippen molar-refractivity contribution in [3.8, 4) is 5.75 Å². The van der Waals surface area contributed by atoms with Gasteiger partial charge in [0, 0.05) is 6.20 Å². The Kier molecular flexibility index (Phi) is 2.22. The Morgan fingerprint density at radius 1 is 1.39 bits per heavy atom. The van der Waals surface area contributed by atoms with Gasteiger partial charge in [-0.25, -0.2) is 4.98 Å². The lowest BCUT2D eigenvalue weighted by molar-refractivity contribution is -0.140. The van der Waals surface area contributed by atoms with E-state index in [0.29, 0.717) is 11.6 Å². The zero-order valence-electron chi connectivity index (χ0n) is 11.0. The summed E-state index contributed by atoms with van der Waals surface area (Å²) in [6.07, 6.45) is 4.46. The highest BCUT2D eigenvalue weighted by molar-refractivity contribution is 6.00. The van der Waals surface area contributed by atoms with Crippen LogP contribution in [0.15, 0.2) is 12.3 Å². The molecule has 1 aromatic heterocycles. The van der Waals surface area contributed by atoms with Crippen molar-refractivity contribution in [2.24, 2.45) is 0 Å². The fourth-order valence-electron chi connectivity index (χ4n) is 2.33. The molecular weight excluding hydrogens is 228 g/mol. The van der Waals surface area contributed by atoms with Crippen LogP contribution in [0.25, 0.3) is 0 Å². The number of rotatable bonds is 0. The fourth-order valence-corrected chi connectivity index (χ4v) is 2.33. The number of nitrogens with one attached hydrogen (secondary N) is 1. The lowest BCUT2D eigenvalue weighted by Gasteiger charge is -2.43. The number of nitrogens with zero attached hydrogens (tertiary/aromatic N) is 1. The zero-order chi connectivity index (χ0) is 13.0. The van der Waals surface area contributed by atoms with Crippen molar-refractivity contribution in [3.05, 3.63) is 17.8 Å². The van der Waals surface area contributed by atoms with Crippen LogP contribution in [0.1, 0.15) is 45.6 Å². The van der Waals surface area contributed by atoms with E-state index in [1.165, 1.54) is 0 Å². The van der Waals surface area contributed by atoms with E-state index >= 15 is 0 Å². The van der Waals surface area contributed by atoms with E-state index in [4.69, 9.17) is 4.74 Å². The maximum absolute atomic E-state index is 12.0. The lowest BCUT2D eigenvalue weighted by Crippen LogP contribution is -2.55. The standard InChI is InChI=1S/C14H18N2O2/c1-13(2,3)9-7-10-11(15-8-9)16-12(17)14(18-10)5-4-6-14/h7-8H,4-6H2,1-3H3,(H,15,16,17). The molecule has 1 aromatic rings. The summed E-state index contributed by atoms with van der Waals surface area (Å²) in [6, 6.07) is 2.00. The molecule has 4 heteroatoms. The van der Waals surface area contributed by atoms with Crippen LogP contribution in [-0.2, 0) is 10.2 Å². The Balaban J connectivity index is 2.00. The minimum atomic E-state index is -0.620.